The quantitative estimate of drug-likeness (QED) is 0.681. The number of halogens is 2. The van der Waals surface area contributed by atoms with Crippen LogP contribution in [0.3, 0.4) is 0 Å². The van der Waals surface area contributed by atoms with Crippen molar-refractivity contribution < 1.29 is 26.7 Å². The summed E-state index contributed by atoms with van der Waals surface area (Å²) in [4.78, 5) is 11.6. The molecule has 1 amide bonds. The van der Waals surface area contributed by atoms with E-state index in [4.69, 9.17) is 4.74 Å². The molecular weight excluding hydrogens is 418 g/mol. The van der Waals surface area contributed by atoms with Gasteiger partial charge in [-0.2, -0.15) is 5.10 Å². The minimum absolute atomic E-state index is 0.0544. The topological polar surface area (TPSA) is 102 Å². The number of ether oxygens (including phenoxy) is 1. The largest absolute Gasteiger partial charge is 0.370 e. The van der Waals surface area contributed by atoms with Crippen molar-refractivity contribution in [1.29, 1.82) is 0 Å². The maximum Gasteiger partial charge on any atom is 0.243 e. The summed E-state index contributed by atoms with van der Waals surface area (Å²) in [6.07, 6.45) is 2.75. The minimum Gasteiger partial charge on any atom is -0.370 e. The third-order valence-electron chi connectivity index (χ3n) is 4.82. The number of benzene rings is 1. The average Bonchev–Trinajstić information content (AvgIpc) is 3.07. The fraction of sp³-hybridized carbons (Fsp3) is 0.474. The lowest BCUT2D eigenvalue weighted by molar-refractivity contribution is -0.122. The van der Waals surface area contributed by atoms with E-state index in [-0.39, 0.29) is 23.4 Å². The van der Waals surface area contributed by atoms with E-state index in [1.54, 1.807) is 7.05 Å². The van der Waals surface area contributed by atoms with E-state index in [0.29, 0.717) is 24.8 Å². The van der Waals surface area contributed by atoms with Gasteiger partial charge in [0.2, 0.25) is 15.9 Å². The fourth-order valence-electron chi connectivity index (χ4n) is 3.56. The van der Waals surface area contributed by atoms with E-state index < -0.39 is 33.9 Å². The van der Waals surface area contributed by atoms with Crippen molar-refractivity contribution in [2.24, 2.45) is 7.05 Å². The number of carbonyl (C=O) groups is 1. The van der Waals surface area contributed by atoms with Gasteiger partial charge in [-0.15, -0.1) is 0 Å². The van der Waals surface area contributed by atoms with E-state index in [1.807, 2.05) is 0 Å². The smallest absolute Gasteiger partial charge is 0.243 e. The zero-order valence-electron chi connectivity index (χ0n) is 16.6. The summed E-state index contributed by atoms with van der Waals surface area (Å²) < 4.78 is 61.8. The molecule has 0 aliphatic carbocycles. The van der Waals surface area contributed by atoms with Crippen LogP contribution < -0.4 is 10.0 Å². The van der Waals surface area contributed by atoms with E-state index in [0.717, 1.165) is 6.07 Å². The summed E-state index contributed by atoms with van der Waals surface area (Å²) in [5, 5.41) is 6.67. The Bertz CT molecular complexity index is 991. The predicted octanol–water partition coefficient (Wildman–Crippen LogP) is 1.79. The zero-order chi connectivity index (χ0) is 21.9. The molecule has 30 heavy (non-hydrogen) atoms. The van der Waals surface area contributed by atoms with Crippen LogP contribution in [-0.2, 0) is 26.6 Å². The number of amides is 1. The van der Waals surface area contributed by atoms with Gasteiger partial charge < -0.3 is 10.1 Å². The molecule has 3 rings (SSSR count). The first-order valence-electron chi connectivity index (χ1n) is 9.49. The van der Waals surface area contributed by atoms with Gasteiger partial charge in [0, 0.05) is 38.8 Å². The lowest BCUT2D eigenvalue weighted by Crippen LogP contribution is -2.43. The van der Waals surface area contributed by atoms with E-state index in [1.165, 1.54) is 36.1 Å². The molecule has 1 saturated heterocycles. The van der Waals surface area contributed by atoms with Gasteiger partial charge in [0.25, 0.3) is 0 Å². The van der Waals surface area contributed by atoms with Crippen molar-refractivity contribution in [2.75, 3.05) is 6.54 Å². The third-order valence-corrected chi connectivity index (χ3v) is 6.23. The number of hydrogen-bond donors (Lipinski definition) is 2. The Kier molecular flexibility index (Phi) is 6.84. The van der Waals surface area contributed by atoms with Crippen LogP contribution in [0.25, 0.3) is 0 Å². The molecule has 1 aliphatic heterocycles. The number of sulfonamides is 1. The Morgan fingerprint density at radius 1 is 1.27 bits per heavy atom. The van der Waals surface area contributed by atoms with E-state index in [9.17, 15) is 22.0 Å². The standard InChI is InChI=1S/C19H24F2N4O4S/c1-12(26)24-16-8-17(3-4-23-30(27,28)18-10-22-25(2)11-18)29-19(9-16)13-5-14(20)7-15(21)6-13/h5-7,10-11,16-17,19,23H,3-4,8-9H2,1-2H3,(H,24,26)/t16-,17+,19+/m0/s1. The molecule has 2 N–H and O–H groups in total. The highest BCUT2D eigenvalue weighted by Gasteiger charge is 2.31. The maximum atomic E-state index is 13.6. The van der Waals surface area contributed by atoms with Gasteiger partial charge in [-0.3, -0.25) is 9.48 Å². The van der Waals surface area contributed by atoms with Gasteiger partial charge in [0.05, 0.1) is 18.4 Å². The highest BCUT2D eigenvalue weighted by Crippen LogP contribution is 2.33. The Labute approximate surface area is 173 Å². The first-order valence-corrected chi connectivity index (χ1v) is 11.0. The first-order chi connectivity index (χ1) is 14.1. The van der Waals surface area contributed by atoms with Crippen LogP contribution >= 0.6 is 0 Å². The number of hydrogen-bond acceptors (Lipinski definition) is 5. The molecule has 0 unspecified atom stereocenters. The summed E-state index contributed by atoms with van der Waals surface area (Å²) in [5.41, 5.74) is 0.337. The Hall–Kier alpha value is -2.37. The van der Waals surface area contributed by atoms with Crippen LogP contribution in [-0.4, -0.2) is 42.8 Å². The number of aryl methyl sites for hydroxylation is 1. The molecule has 2 aromatic rings. The Morgan fingerprint density at radius 2 is 1.97 bits per heavy atom. The normalized spacial score (nSPS) is 22.1. The van der Waals surface area contributed by atoms with Crippen LogP contribution in [0.2, 0.25) is 0 Å². The van der Waals surface area contributed by atoms with Gasteiger partial charge in [-0.25, -0.2) is 21.9 Å². The van der Waals surface area contributed by atoms with E-state index >= 15 is 0 Å². The molecule has 0 radical (unpaired) electrons. The zero-order valence-corrected chi connectivity index (χ0v) is 17.5. The molecule has 0 spiro atoms. The molecule has 1 aliphatic rings. The molecule has 1 aromatic heterocycles. The summed E-state index contributed by atoms with van der Waals surface area (Å²) in [6, 6.07) is 2.92. The summed E-state index contributed by atoms with van der Waals surface area (Å²) in [5.74, 6) is -1.64. The number of nitrogens with one attached hydrogen (secondary N) is 2. The second kappa shape index (κ2) is 9.19. The SMILES string of the molecule is CC(=O)N[C@H]1C[C@@H](CCNS(=O)(=O)c2cnn(C)c2)O[C@@H](c2cc(F)cc(F)c2)C1. The van der Waals surface area contributed by atoms with Gasteiger partial charge >= 0.3 is 0 Å². The van der Waals surface area contributed by atoms with Crippen molar-refractivity contribution in [2.45, 2.75) is 49.3 Å². The Morgan fingerprint density at radius 3 is 2.57 bits per heavy atom. The number of carbonyl (C=O) groups excluding carboxylic acids is 1. The van der Waals surface area contributed by atoms with Crippen molar-refractivity contribution >= 4 is 15.9 Å². The lowest BCUT2D eigenvalue weighted by atomic mass is 9.92. The number of nitrogens with zero attached hydrogens (tertiary/aromatic N) is 2. The van der Waals surface area contributed by atoms with Gasteiger partial charge in [0.15, 0.2) is 0 Å². The molecule has 0 saturated carbocycles. The van der Waals surface area contributed by atoms with Crippen LogP contribution in [0.1, 0.15) is 37.9 Å². The fourth-order valence-corrected chi connectivity index (χ4v) is 4.59. The molecule has 1 aromatic carbocycles. The molecular formula is C19H24F2N4O4S. The van der Waals surface area contributed by atoms with Crippen molar-refractivity contribution in [3.63, 3.8) is 0 Å². The average molecular weight is 442 g/mol. The van der Waals surface area contributed by atoms with Gasteiger partial charge in [-0.05, 0) is 37.0 Å². The molecule has 164 valence electrons. The molecule has 8 nitrogen and oxygen atoms in total. The molecule has 1 fully saturated rings. The van der Waals surface area contributed by atoms with Crippen LogP contribution in [0.5, 0.6) is 0 Å². The number of aromatic nitrogens is 2. The predicted molar refractivity (Wildman–Crippen MR) is 104 cm³/mol. The summed E-state index contributed by atoms with van der Waals surface area (Å²) >= 11 is 0. The molecule has 0 bridgehead atoms. The molecule has 2 heterocycles. The monoisotopic (exact) mass is 442 g/mol. The highest BCUT2D eigenvalue weighted by molar-refractivity contribution is 7.89. The van der Waals surface area contributed by atoms with Crippen molar-refractivity contribution in [3.05, 3.63) is 47.8 Å². The first kappa shape index (κ1) is 22.3. The maximum absolute atomic E-state index is 13.6. The highest BCUT2D eigenvalue weighted by atomic mass is 32.2. The third kappa shape index (κ3) is 5.83. The second-order valence-corrected chi connectivity index (χ2v) is 9.12. The van der Waals surface area contributed by atoms with Crippen LogP contribution in [0.15, 0.2) is 35.5 Å². The minimum atomic E-state index is -3.71. The van der Waals surface area contributed by atoms with E-state index in [2.05, 4.69) is 15.1 Å². The van der Waals surface area contributed by atoms with Crippen molar-refractivity contribution in [1.82, 2.24) is 19.8 Å². The van der Waals surface area contributed by atoms with Crippen LogP contribution in [0.4, 0.5) is 8.78 Å². The summed E-state index contributed by atoms with van der Waals surface area (Å²) in [6.45, 7) is 1.49. The number of rotatable bonds is 7. The van der Waals surface area contributed by atoms with Crippen LogP contribution in [0, 0.1) is 11.6 Å². The van der Waals surface area contributed by atoms with Crippen molar-refractivity contribution in [3.8, 4) is 0 Å². The van der Waals surface area contributed by atoms with Gasteiger partial charge in [0.1, 0.15) is 16.5 Å². The summed E-state index contributed by atoms with van der Waals surface area (Å²) in [7, 11) is -2.09. The van der Waals surface area contributed by atoms with Gasteiger partial charge in [-0.1, -0.05) is 0 Å². The molecule has 3 atom stereocenters. The second-order valence-electron chi connectivity index (χ2n) is 7.35. The Balaban J connectivity index is 1.67. The molecule has 11 heteroatoms. The lowest BCUT2D eigenvalue weighted by Gasteiger charge is -2.36.